The Morgan fingerprint density at radius 1 is 0.967 bits per heavy atom. The van der Waals surface area contributed by atoms with Crippen LogP contribution in [0.15, 0.2) is 72.8 Å². The maximum atomic E-state index is 12.6. The van der Waals surface area contributed by atoms with Crippen LogP contribution in [0.4, 0.5) is 4.79 Å². The van der Waals surface area contributed by atoms with Crippen molar-refractivity contribution in [1.29, 1.82) is 0 Å². The molecule has 3 aromatic rings. The van der Waals surface area contributed by atoms with Crippen molar-refractivity contribution < 1.29 is 19.4 Å². The van der Waals surface area contributed by atoms with Gasteiger partial charge in [0.1, 0.15) is 12.6 Å². The summed E-state index contributed by atoms with van der Waals surface area (Å²) in [7, 11) is 1.47. The van der Waals surface area contributed by atoms with Gasteiger partial charge in [0.15, 0.2) is 0 Å². The van der Waals surface area contributed by atoms with Gasteiger partial charge in [-0.2, -0.15) is 0 Å². The van der Waals surface area contributed by atoms with Crippen LogP contribution in [0, 0.1) is 0 Å². The molecule has 0 aliphatic heterocycles. The summed E-state index contributed by atoms with van der Waals surface area (Å²) in [6, 6.07) is 22.5. The molecule has 1 unspecified atom stereocenters. The minimum absolute atomic E-state index is 0.109. The third kappa shape index (κ3) is 3.92. The molecule has 1 atom stereocenters. The van der Waals surface area contributed by atoms with Crippen LogP contribution in [0.5, 0.6) is 0 Å². The van der Waals surface area contributed by atoms with E-state index in [0.29, 0.717) is 0 Å². The number of nitrogens with zero attached hydrogens (tertiary/aromatic N) is 1. The van der Waals surface area contributed by atoms with E-state index in [-0.39, 0.29) is 13.0 Å². The Bertz CT molecular complexity index is 1080. The zero-order chi connectivity index (χ0) is 21.1. The molecule has 0 heterocycles. The molecule has 30 heavy (non-hydrogen) atoms. The van der Waals surface area contributed by atoms with E-state index in [0.717, 1.165) is 28.0 Å². The van der Waals surface area contributed by atoms with Crippen LogP contribution in [0.25, 0.3) is 11.1 Å². The van der Waals surface area contributed by atoms with Crippen LogP contribution < -0.4 is 0 Å². The molecule has 0 spiro atoms. The number of carbonyl (C=O) groups excluding carboxylic acids is 1. The molecule has 1 aliphatic carbocycles. The molecule has 0 radical (unpaired) electrons. The van der Waals surface area contributed by atoms with Crippen LogP contribution in [0.1, 0.15) is 22.3 Å². The van der Waals surface area contributed by atoms with Gasteiger partial charge >= 0.3 is 12.1 Å². The number of carboxylic acids is 1. The number of benzene rings is 3. The van der Waals surface area contributed by atoms with Crippen molar-refractivity contribution >= 4 is 12.1 Å². The van der Waals surface area contributed by atoms with Gasteiger partial charge in [0.05, 0.1) is 0 Å². The van der Waals surface area contributed by atoms with Crippen molar-refractivity contribution in [3.8, 4) is 11.1 Å². The number of rotatable bonds is 6. The zero-order valence-electron chi connectivity index (χ0n) is 16.7. The molecule has 0 saturated carbocycles. The Labute approximate surface area is 175 Å². The Morgan fingerprint density at radius 2 is 1.67 bits per heavy atom. The molecule has 1 N–H and O–H groups in total. The average molecular weight is 401 g/mol. The van der Waals surface area contributed by atoms with E-state index in [2.05, 4.69) is 18.2 Å². The monoisotopic (exact) mass is 401 g/mol. The molecule has 0 fully saturated rings. The third-order valence-corrected chi connectivity index (χ3v) is 5.61. The first-order chi connectivity index (χ1) is 14.5. The Morgan fingerprint density at radius 3 is 2.43 bits per heavy atom. The number of carbonyl (C=O) groups is 2. The second-order valence-corrected chi connectivity index (χ2v) is 7.49. The predicted molar refractivity (Wildman–Crippen MR) is 114 cm³/mol. The van der Waals surface area contributed by atoms with E-state index >= 15 is 0 Å². The van der Waals surface area contributed by atoms with E-state index in [1.165, 1.54) is 23.7 Å². The largest absolute Gasteiger partial charge is 0.480 e. The topological polar surface area (TPSA) is 66.8 Å². The highest BCUT2D eigenvalue weighted by atomic mass is 16.6. The number of hydrogen-bond acceptors (Lipinski definition) is 3. The first-order valence-electron chi connectivity index (χ1n) is 9.90. The number of carboxylic acid groups (broad SMARTS) is 1. The van der Waals surface area contributed by atoms with E-state index < -0.39 is 18.1 Å². The zero-order valence-corrected chi connectivity index (χ0v) is 16.7. The number of amides is 1. The molecule has 3 aromatic carbocycles. The molecule has 5 nitrogen and oxygen atoms in total. The van der Waals surface area contributed by atoms with Gasteiger partial charge in [0.25, 0.3) is 0 Å². The summed E-state index contributed by atoms with van der Waals surface area (Å²) in [5.74, 6) is -1.06. The molecule has 0 aromatic heterocycles. The second kappa shape index (κ2) is 8.41. The van der Waals surface area contributed by atoms with Crippen LogP contribution >= 0.6 is 0 Å². The van der Waals surface area contributed by atoms with Crippen molar-refractivity contribution in [3.63, 3.8) is 0 Å². The van der Waals surface area contributed by atoms with Crippen LogP contribution in [0.3, 0.4) is 0 Å². The molecular weight excluding hydrogens is 378 g/mol. The van der Waals surface area contributed by atoms with Crippen molar-refractivity contribution in [2.45, 2.75) is 25.5 Å². The van der Waals surface area contributed by atoms with Gasteiger partial charge in [0.2, 0.25) is 0 Å². The molecule has 0 bridgehead atoms. The third-order valence-electron chi connectivity index (χ3n) is 5.61. The maximum Gasteiger partial charge on any atom is 0.410 e. The fourth-order valence-electron chi connectivity index (χ4n) is 3.95. The van der Waals surface area contributed by atoms with Crippen LogP contribution in [-0.2, 0) is 29.0 Å². The summed E-state index contributed by atoms with van der Waals surface area (Å²) in [6.07, 6.45) is 0.380. The second-order valence-electron chi connectivity index (χ2n) is 7.49. The normalized spacial score (nSPS) is 12.6. The van der Waals surface area contributed by atoms with Gasteiger partial charge < -0.3 is 9.84 Å². The van der Waals surface area contributed by atoms with Gasteiger partial charge in [-0.1, -0.05) is 72.8 Å². The minimum Gasteiger partial charge on any atom is -0.480 e. The van der Waals surface area contributed by atoms with Crippen molar-refractivity contribution in [3.05, 3.63) is 95.1 Å². The highest BCUT2D eigenvalue weighted by Gasteiger charge is 2.28. The van der Waals surface area contributed by atoms with Gasteiger partial charge in [-0.25, -0.2) is 9.59 Å². The minimum atomic E-state index is -1.06. The number of ether oxygens (including phenoxy) is 1. The van der Waals surface area contributed by atoms with Gasteiger partial charge in [-0.3, -0.25) is 4.90 Å². The highest BCUT2D eigenvalue weighted by molar-refractivity contribution is 5.80. The van der Waals surface area contributed by atoms with Crippen LogP contribution in [-0.4, -0.2) is 35.2 Å². The smallest absolute Gasteiger partial charge is 0.410 e. The van der Waals surface area contributed by atoms with Gasteiger partial charge in [0, 0.05) is 13.5 Å². The summed E-state index contributed by atoms with van der Waals surface area (Å²) in [6.45, 7) is 0.109. The van der Waals surface area contributed by atoms with E-state index in [4.69, 9.17) is 4.74 Å². The molecular formula is C25H23NO4. The summed E-state index contributed by atoms with van der Waals surface area (Å²) >= 11 is 0. The lowest BCUT2D eigenvalue weighted by Crippen LogP contribution is -2.44. The Hall–Kier alpha value is -3.60. The van der Waals surface area contributed by atoms with E-state index in [1.807, 2.05) is 54.6 Å². The highest BCUT2D eigenvalue weighted by Crippen LogP contribution is 2.38. The lowest BCUT2D eigenvalue weighted by Gasteiger charge is -2.24. The van der Waals surface area contributed by atoms with Crippen molar-refractivity contribution in [1.82, 2.24) is 4.90 Å². The van der Waals surface area contributed by atoms with Crippen LogP contribution in [0.2, 0.25) is 0 Å². The molecule has 0 saturated heterocycles. The van der Waals surface area contributed by atoms with Gasteiger partial charge in [-0.05, 0) is 39.8 Å². The lowest BCUT2D eigenvalue weighted by atomic mass is 10.0. The molecule has 5 heteroatoms. The quantitative estimate of drug-likeness (QED) is 0.516. The fourth-order valence-corrected chi connectivity index (χ4v) is 3.95. The summed E-state index contributed by atoms with van der Waals surface area (Å²) in [4.78, 5) is 25.5. The summed E-state index contributed by atoms with van der Waals surface area (Å²) in [5, 5.41) is 9.62. The van der Waals surface area contributed by atoms with Crippen molar-refractivity contribution in [2.24, 2.45) is 0 Å². The summed E-state index contributed by atoms with van der Waals surface area (Å²) in [5.41, 5.74) is 6.60. The SMILES string of the molecule is CN(C(=O)OCc1cccc2c1Cc1ccccc1-2)C(Cc1ccccc1)C(=O)O. The lowest BCUT2D eigenvalue weighted by molar-refractivity contribution is -0.142. The number of aliphatic carboxylic acids is 1. The van der Waals surface area contributed by atoms with E-state index in [1.54, 1.807) is 0 Å². The number of fused-ring (bicyclic) bond motifs is 3. The molecule has 4 rings (SSSR count). The maximum absolute atomic E-state index is 12.6. The predicted octanol–water partition coefficient (Wildman–Crippen LogP) is 4.52. The summed E-state index contributed by atoms with van der Waals surface area (Å²) < 4.78 is 5.51. The van der Waals surface area contributed by atoms with E-state index in [9.17, 15) is 14.7 Å². The first kappa shape index (κ1) is 19.7. The first-order valence-corrected chi connectivity index (χ1v) is 9.90. The molecule has 1 amide bonds. The number of likely N-dealkylation sites (N-methyl/N-ethyl adjacent to an activating group) is 1. The molecule has 152 valence electrons. The van der Waals surface area contributed by atoms with Gasteiger partial charge in [-0.15, -0.1) is 0 Å². The Balaban J connectivity index is 1.45. The average Bonchev–Trinajstić information content (AvgIpc) is 3.15. The standard InChI is InChI=1S/C25H23NO4/c1-26(23(24(27)28)14-17-8-3-2-4-9-17)25(29)30-16-19-11-7-13-21-20-12-6-5-10-18(20)15-22(19)21/h2-13,23H,14-16H2,1H3,(H,27,28). The fraction of sp³-hybridized carbons (Fsp3) is 0.200. The Kier molecular flexibility index (Phi) is 5.53. The number of hydrogen-bond donors (Lipinski definition) is 1. The van der Waals surface area contributed by atoms with Crippen molar-refractivity contribution in [2.75, 3.05) is 7.05 Å². The molecule has 1 aliphatic rings.